The molecule has 0 fully saturated rings. The predicted octanol–water partition coefficient (Wildman–Crippen LogP) is 2.41. The highest BCUT2D eigenvalue weighted by Crippen LogP contribution is 2.17. The monoisotopic (exact) mass is 314 g/mol. The van der Waals surface area contributed by atoms with Gasteiger partial charge in [0.15, 0.2) is 0 Å². The number of hydrogen-bond acceptors (Lipinski definition) is 2. The molecule has 1 amide bonds. The number of nitrogens with one attached hydrogen (secondary N) is 1. The van der Waals surface area contributed by atoms with E-state index in [4.69, 9.17) is 18.0 Å². The number of thiocarbonyl (C=S) groups is 1. The second-order valence-electron chi connectivity index (χ2n) is 3.98. The van der Waals surface area contributed by atoms with E-state index >= 15 is 0 Å². The molecule has 0 saturated heterocycles. The smallest absolute Gasteiger partial charge is 0.251 e. The highest BCUT2D eigenvalue weighted by molar-refractivity contribution is 9.10. The van der Waals surface area contributed by atoms with Crippen molar-refractivity contribution >= 4 is 39.0 Å². The third-order valence-corrected chi connectivity index (χ3v) is 3.75. The van der Waals surface area contributed by atoms with E-state index in [1.54, 1.807) is 12.1 Å². The number of halogens is 1. The molecule has 0 aromatic heterocycles. The first-order valence-corrected chi connectivity index (χ1v) is 6.45. The fraction of sp³-hybridized carbons (Fsp3) is 0.333. The predicted molar refractivity (Wildman–Crippen MR) is 77.2 cm³/mol. The fourth-order valence-electron chi connectivity index (χ4n) is 1.18. The van der Waals surface area contributed by atoms with Crippen LogP contribution in [0.15, 0.2) is 22.7 Å². The van der Waals surface area contributed by atoms with Gasteiger partial charge in [0.05, 0.1) is 4.99 Å². The molecule has 1 unspecified atom stereocenters. The maximum absolute atomic E-state index is 11.8. The Kier molecular flexibility index (Phi) is 5.08. The van der Waals surface area contributed by atoms with Crippen molar-refractivity contribution in [3.63, 3.8) is 0 Å². The van der Waals surface area contributed by atoms with Crippen molar-refractivity contribution in [2.45, 2.75) is 13.8 Å². The van der Waals surface area contributed by atoms with Crippen LogP contribution in [0.4, 0.5) is 0 Å². The fourth-order valence-corrected chi connectivity index (χ4v) is 1.64. The van der Waals surface area contributed by atoms with Crippen molar-refractivity contribution in [3.8, 4) is 0 Å². The molecule has 5 heteroatoms. The normalized spacial score (nSPS) is 11.9. The largest absolute Gasteiger partial charge is 0.393 e. The van der Waals surface area contributed by atoms with Crippen LogP contribution in [0.3, 0.4) is 0 Å². The van der Waals surface area contributed by atoms with Gasteiger partial charge in [-0.15, -0.1) is 0 Å². The Morgan fingerprint density at radius 3 is 2.76 bits per heavy atom. The van der Waals surface area contributed by atoms with Gasteiger partial charge in [-0.05, 0) is 24.6 Å². The summed E-state index contributed by atoms with van der Waals surface area (Å²) in [6.45, 7) is 4.31. The molecule has 1 rings (SSSR count). The number of benzene rings is 1. The minimum Gasteiger partial charge on any atom is -0.393 e. The third kappa shape index (κ3) is 4.09. The number of nitrogens with two attached hydrogens (primary N) is 1. The summed E-state index contributed by atoms with van der Waals surface area (Å²) < 4.78 is 0.924. The van der Waals surface area contributed by atoms with E-state index in [0.717, 1.165) is 10.0 Å². The highest BCUT2D eigenvalue weighted by Gasteiger charge is 2.10. The zero-order valence-corrected chi connectivity index (χ0v) is 12.2. The summed E-state index contributed by atoms with van der Waals surface area (Å²) >= 11 is 8.24. The van der Waals surface area contributed by atoms with Crippen LogP contribution < -0.4 is 11.1 Å². The van der Waals surface area contributed by atoms with Gasteiger partial charge in [-0.25, -0.2) is 0 Å². The van der Waals surface area contributed by atoms with Gasteiger partial charge in [0.25, 0.3) is 5.91 Å². The summed E-state index contributed by atoms with van der Waals surface area (Å²) in [7, 11) is 0. The van der Waals surface area contributed by atoms with Gasteiger partial charge in [0.2, 0.25) is 0 Å². The molecule has 0 radical (unpaired) electrons. The van der Waals surface area contributed by atoms with Crippen LogP contribution >= 0.6 is 28.1 Å². The Hall–Kier alpha value is -0.940. The first-order valence-electron chi connectivity index (χ1n) is 5.25. The first-order chi connectivity index (χ1) is 7.91. The number of carbonyl (C=O) groups is 1. The summed E-state index contributed by atoms with van der Waals surface area (Å²) in [5.74, 6) is -0.114. The zero-order valence-electron chi connectivity index (χ0n) is 9.79. The molecular weight excluding hydrogens is 300 g/mol. The van der Waals surface area contributed by atoms with Crippen LogP contribution in [0.25, 0.3) is 0 Å². The average molecular weight is 315 g/mol. The molecule has 0 aliphatic carbocycles. The van der Waals surface area contributed by atoms with E-state index in [9.17, 15) is 4.79 Å². The molecule has 3 N–H and O–H groups in total. The van der Waals surface area contributed by atoms with Crippen LogP contribution in [0, 0.1) is 12.8 Å². The van der Waals surface area contributed by atoms with Gasteiger partial charge >= 0.3 is 0 Å². The minimum atomic E-state index is -0.117. The van der Waals surface area contributed by atoms with Crippen LogP contribution in [-0.4, -0.2) is 17.4 Å². The molecule has 0 bridgehead atoms. The van der Waals surface area contributed by atoms with E-state index < -0.39 is 0 Å². The summed E-state index contributed by atoms with van der Waals surface area (Å²) in [4.78, 5) is 12.2. The number of aryl methyl sites for hydroxylation is 1. The zero-order chi connectivity index (χ0) is 13.0. The van der Waals surface area contributed by atoms with Gasteiger partial charge in [-0.1, -0.05) is 41.1 Å². The van der Waals surface area contributed by atoms with E-state index in [0.29, 0.717) is 17.1 Å². The first kappa shape index (κ1) is 14.1. The van der Waals surface area contributed by atoms with Crippen molar-refractivity contribution < 1.29 is 4.79 Å². The Balaban J connectivity index is 2.64. The average Bonchev–Trinajstić information content (AvgIpc) is 2.28. The Morgan fingerprint density at radius 1 is 1.59 bits per heavy atom. The summed E-state index contributed by atoms with van der Waals surface area (Å²) in [5.41, 5.74) is 7.20. The molecule has 1 atom stereocenters. The highest BCUT2D eigenvalue weighted by atomic mass is 79.9. The lowest BCUT2D eigenvalue weighted by atomic mass is 10.1. The summed E-state index contributed by atoms with van der Waals surface area (Å²) in [6, 6.07) is 5.49. The summed E-state index contributed by atoms with van der Waals surface area (Å²) in [6.07, 6.45) is 0. The topological polar surface area (TPSA) is 55.1 Å². The lowest BCUT2D eigenvalue weighted by Gasteiger charge is -2.11. The van der Waals surface area contributed by atoms with Crippen molar-refractivity contribution in [1.82, 2.24) is 5.32 Å². The van der Waals surface area contributed by atoms with Crippen molar-refractivity contribution in [3.05, 3.63) is 33.8 Å². The Morgan fingerprint density at radius 2 is 2.24 bits per heavy atom. The van der Waals surface area contributed by atoms with Crippen LogP contribution in [-0.2, 0) is 0 Å². The maximum Gasteiger partial charge on any atom is 0.251 e. The minimum absolute atomic E-state index is 0.00263. The SMILES string of the molecule is Cc1ccc(C(=O)NCC(C)C(N)=S)cc1Br. The van der Waals surface area contributed by atoms with Gasteiger partial charge in [0, 0.05) is 22.5 Å². The van der Waals surface area contributed by atoms with Gasteiger partial charge in [-0.3, -0.25) is 4.79 Å². The quantitative estimate of drug-likeness (QED) is 0.839. The lowest BCUT2D eigenvalue weighted by molar-refractivity contribution is 0.0951. The summed E-state index contributed by atoms with van der Waals surface area (Å²) in [5, 5.41) is 2.80. The Labute approximate surface area is 115 Å². The van der Waals surface area contributed by atoms with E-state index in [-0.39, 0.29) is 11.8 Å². The van der Waals surface area contributed by atoms with Crippen molar-refractivity contribution in [2.24, 2.45) is 11.7 Å². The van der Waals surface area contributed by atoms with Crippen LogP contribution in [0.2, 0.25) is 0 Å². The standard InChI is InChI=1S/C12H15BrN2OS/c1-7-3-4-9(5-10(7)13)12(16)15-6-8(2)11(14)17/h3-5,8H,6H2,1-2H3,(H2,14,17)(H,15,16). The van der Waals surface area contributed by atoms with Crippen molar-refractivity contribution in [2.75, 3.05) is 6.54 Å². The second-order valence-corrected chi connectivity index (χ2v) is 5.30. The van der Waals surface area contributed by atoms with E-state index in [1.165, 1.54) is 0 Å². The van der Waals surface area contributed by atoms with Gasteiger partial charge < -0.3 is 11.1 Å². The molecule has 0 heterocycles. The number of hydrogen-bond donors (Lipinski definition) is 2. The van der Waals surface area contributed by atoms with Gasteiger partial charge in [-0.2, -0.15) is 0 Å². The molecule has 0 spiro atoms. The number of amides is 1. The molecule has 0 aliphatic rings. The molecule has 92 valence electrons. The molecule has 3 nitrogen and oxygen atoms in total. The van der Waals surface area contributed by atoms with Crippen LogP contribution in [0.1, 0.15) is 22.8 Å². The molecular formula is C12H15BrN2OS. The number of carbonyl (C=O) groups excluding carboxylic acids is 1. The molecule has 0 aliphatic heterocycles. The van der Waals surface area contributed by atoms with Gasteiger partial charge in [0.1, 0.15) is 0 Å². The third-order valence-electron chi connectivity index (χ3n) is 2.49. The molecule has 1 aromatic carbocycles. The van der Waals surface area contributed by atoms with Crippen molar-refractivity contribution in [1.29, 1.82) is 0 Å². The maximum atomic E-state index is 11.8. The Bertz CT molecular complexity index is 448. The van der Waals surface area contributed by atoms with E-state index in [1.807, 2.05) is 19.9 Å². The second kappa shape index (κ2) is 6.12. The lowest BCUT2D eigenvalue weighted by Crippen LogP contribution is -2.33. The molecule has 17 heavy (non-hydrogen) atoms. The van der Waals surface area contributed by atoms with E-state index in [2.05, 4.69) is 21.2 Å². The molecule has 1 aromatic rings. The molecule has 0 saturated carbocycles. The van der Waals surface area contributed by atoms with Crippen LogP contribution in [0.5, 0.6) is 0 Å². The number of rotatable bonds is 4.